The van der Waals surface area contributed by atoms with E-state index in [1.807, 2.05) is 146 Å². The first-order chi connectivity index (χ1) is 31.3. The zero-order valence-electron chi connectivity index (χ0n) is 35.1. The monoisotopic (exact) mass is 905 g/mol. The molecule has 0 radical (unpaired) electrons. The zero-order valence-corrected chi connectivity index (χ0v) is 38.7. The molecule has 1 fully saturated rings. The van der Waals surface area contributed by atoms with Crippen molar-refractivity contribution in [2.24, 2.45) is 5.16 Å². The molecule has 0 saturated carbocycles. The van der Waals surface area contributed by atoms with E-state index in [9.17, 15) is 24.6 Å². The second-order valence-electron chi connectivity index (χ2n) is 15.1. The summed E-state index contributed by atoms with van der Waals surface area (Å²) in [6.07, 6.45) is 0. The van der Waals surface area contributed by atoms with Crippen LogP contribution in [0.15, 0.2) is 204 Å². The van der Waals surface area contributed by atoms with E-state index in [2.05, 4.69) is 47.0 Å². The van der Waals surface area contributed by atoms with E-state index in [0.717, 1.165) is 38.3 Å². The van der Waals surface area contributed by atoms with Crippen LogP contribution >= 0.6 is 23.1 Å². The average Bonchev–Trinajstić information content (AvgIpc) is 3.82. The summed E-state index contributed by atoms with van der Waals surface area (Å²) >= 11 is 2.50. The van der Waals surface area contributed by atoms with Crippen LogP contribution < -0.4 is 45.3 Å². The fourth-order valence-corrected chi connectivity index (χ4v) is 10.5. The Bertz CT molecular complexity index is 2640. The molecule has 7 aromatic rings. The molecule has 2 aliphatic rings. The molecule has 14 heteroatoms. The molecule has 318 valence electrons. The number of thioether (sulfide) groups is 1. The number of rotatable bonds is 15. The second-order valence-corrected chi connectivity index (χ2v) is 17.0. The van der Waals surface area contributed by atoms with E-state index in [0.29, 0.717) is 5.13 Å². The van der Waals surface area contributed by atoms with Crippen LogP contribution in [0.25, 0.3) is 0 Å². The number of aromatic nitrogens is 1. The SMILES string of the molecule is O=C([O-])C1=C(CO)CS[C@@H]2[C@H](NC(=O)/C(=N/OC(c3ccccc3)(c3ccccc3)c3ccccc3)c3csc(NC(c4ccccc4)(c4ccccc4)c4ccccc4)n3)C(=O)N12.[Na+]. The Balaban J connectivity index is 0.00000576. The molecule has 1 saturated heterocycles. The number of anilines is 1. The van der Waals surface area contributed by atoms with Gasteiger partial charge in [-0.05, 0) is 22.3 Å². The van der Waals surface area contributed by atoms with Crippen molar-refractivity contribution in [1.29, 1.82) is 0 Å². The van der Waals surface area contributed by atoms with Crippen LogP contribution in [0.5, 0.6) is 0 Å². The number of fused-ring (bicyclic) bond motifs is 1. The molecule has 0 aliphatic carbocycles. The third-order valence-electron chi connectivity index (χ3n) is 11.4. The molecule has 0 bridgehead atoms. The number of carbonyl (C=O) groups excluding carboxylic acids is 3. The number of nitrogens with one attached hydrogen (secondary N) is 2. The Morgan fingerprint density at radius 1 is 0.723 bits per heavy atom. The molecule has 2 atom stereocenters. The molecule has 0 spiro atoms. The minimum absolute atomic E-state index is 0. The van der Waals surface area contributed by atoms with E-state index >= 15 is 0 Å². The van der Waals surface area contributed by atoms with E-state index < -0.39 is 46.9 Å². The van der Waals surface area contributed by atoms with E-state index in [-0.39, 0.29) is 58.0 Å². The number of aliphatic hydroxyl groups is 1. The number of hydrogen-bond acceptors (Lipinski definition) is 11. The van der Waals surface area contributed by atoms with Gasteiger partial charge in [-0.2, -0.15) is 0 Å². The third-order valence-corrected chi connectivity index (χ3v) is 13.5. The molecule has 1 aromatic heterocycles. The van der Waals surface area contributed by atoms with Crippen molar-refractivity contribution in [3.63, 3.8) is 0 Å². The van der Waals surface area contributed by atoms with Crippen LogP contribution in [-0.4, -0.2) is 62.3 Å². The summed E-state index contributed by atoms with van der Waals surface area (Å²) in [6.45, 7) is -0.551. The maximum Gasteiger partial charge on any atom is 1.00 e. The Labute approximate surface area is 406 Å². The number of carbonyl (C=O) groups is 3. The van der Waals surface area contributed by atoms with Crippen LogP contribution in [0.2, 0.25) is 0 Å². The fraction of sp³-hybridized carbons (Fsp3) is 0.118. The maximum atomic E-state index is 14.8. The predicted molar refractivity (Wildman–Crippen MR) is 246 cm³/mol. The molecule has 6 aromatic carbocycles. The second kappa shape index (κ2) is 19.8. The third kappa shape index (κ3) is 8.54. The number of carboxylic acid groups (broad SMARTS) is 1. The number of nitrogens with zero attached hydrogens (tertiary/aromatic N) is 3. The number of aliphatic carboxylic acids is 1. The normalized spacial score (nSPS) is 16.1. The first-order valence-corrected chi connectivity index (χ1v) is 22.4. The van der Waals surface area contributed by atoms with Gasteiger partial charge in [0.1, 0.15) is 22.6 Å². The summed E-state index contributed by atoms with van der Waals surface area (Å²) < 4.78 is 0. The number of aliphatic hydroxyl groups excluding tert-OH is 1. The predicted octanol–water partition coefficient (Wildman–Crippen LogP) is 3.66. The van der Waals surface area contributed by atoms with Gasteiger partial charge in [-0.3, -0.25) is 14.5 Å². The van der Waals surface area contributed by atoms with Crippen molar-refractivity contribution in [2.45, 2.75) is 22.6 Å². The zero-order chi connectivity index (χ0) is 44.1. The number of benzene rings is 6. The summed E-state index contributed by atoms with van der Waals surface area (Å²) in [7, 11) is 0. The van der Waals surface area contributed by atoms with Crippen LogP contribution in [0, 0.1) is 0 Å². The summed E-state index contributed by atoms with van der Waals surface area (Å²) in [6, 6.07) is 57.7. The number of amides is 2. The van der Waals surface area contributed by atoms with Crippen molar-refractivity contribution in [3.8, 4) is 0 Å². The summed E-state index contributed by atoms with van der Waals surface area (Å²) in [5.74, 6) is -2.89. The Kier molecular flexibility index (Phi) is 13.8. The minimum atomic E-state index is -1.58. The van der Waals surface area contributed by atoms with Crippen molar-refractivity contribution >= 4 is 51.7 Å². The van der Waals surface area contributed by atoms with Crippen molar-refractivity contribution in [1.82, 2.24) is 15.2 Å². The van der Waals surface area contributed by atoms with Gasteiger partial charge in [-0.1, -0.05) is 187 Å². The first kappa shape index (κ1) is 45.3. The van der Waals surface area contributed by atoms with Gasteiger partial charge in [-0.25, -0.2) is 4.98 Å². The molecule has 2 amide bonds. The molecule has 2 aliphatic heterocycles. The largest absolute Gasteiger partial charge is 1.00 e. The Morgan fingerprint density at radius 3 is 1.57 bits per heavy atom. The number of oxime groups is 1. The number of hydrogen-bond donors (Lipinski definition) is 3. The van der Waals surface area contributed by atoms with E-state index in [1.54, 1.807) is 5.38 Å². The topological polar surface area (TPSA) is 156 Å². The van der Waals surface area contributed by atoms with Crippen molar-refractivity contribution in [2.75, 3.05) is 17.7 Å². The van der Waals surface area contributed by atoms with Gasteiger partial charge in [0.05, 0.1) is 18.3 Å². The van der Waals surface area contributed by atoms with Gasteiger partial charge in [-0.15, -0.1) is 23.1 Å². The molecular weight excluding hydrogens is 866 g/mol. The molecule has 0 unspecified atom stereocenters. The van der Waals surface area contributed by atoms with Gasteiger partial charge in [0.15, 0.2) is 10.8 Å². The van der Waals surface area contributed by atoms with Crippen LogP contribution in [0.4, 0.5) is 5.13 Å². The van der Waals surface area contributed by atoms with Crippen LogP contribution in [-0.2, 0) is 30.4 Å². The standard InChI is InChI=1S/C51H41N5O6S2.Na/c57-31-34-32-63-47-43(46(59)56(47)44(34)48(60)61)53-45(58)42(55-62-51(38-25-13-4-14-26-38,39-27-15-5-16-28-39)40-29-17-6-18-30-40)41-33-64-49(52-41)54-50(35-19-7-1-8-20-35,36-21-9-2-10-22-36)37-23-11-3-12-24-37;/h1-30,33,43,47,57H,31-32H2,(H,52,54)(H,53,58)(H,60,61);/q;+1/p-1/b55-42+;/t43-,47-;/m1./s1. The number of thiazole rings is 1. The average molecular weight is 906 g/mol. The summed E-state index contributed by atoms with van der Waals surface area (Å²) in [4.78, 5) is 53.6. The van der Waals surface area contributed by atoms with Crippen LogP contribution in [0.3, 0.4) is 0 Å². The molecular formula is C51H40N5NaO6S2. The smallest absolute Gasteiger partial charge is 0.543 e. The molecule has 65 heavy (non-hydrogen) atoms. The van der Waals surface area contributed by atoms with Gasteiger partial charge >= 0.3 is 29.6 Å². The first-order valence-electron chi connectivity index (χ1n) is 20.5. The van der Waals surface area contributed by atoms with Gasteiger partial charge in [0.25, 0.3) is 11.8 Å². The summed E-state index contributed by atoms with van der Waals surface area (Å²) in [5, 5.41) is 34.8. The Hall–Kier alpha value is -6.32. The molecule has 9 rings (SSSR count). The molecule has 3 N–H and O–H groups in total. The van der Waals surface area contributed by atoms with E-state index in [4.69, 9.17) is 15.0 Å². The van der Waals surface area contributed by atoms with Crippen LogP contribution in [0.1, 0.15) is 39.1 Å². The number of β-lactam (4-membered cyclic amide) rings is 1. The fourth-order valence-electron chi connectivity index (χ4n) is 8.38. The van der Waals surface area contributed by atoms with E-state index in [1.165, 1.54) is 23.1 Å². The summed E-state index contributed by atoms with van der Waals surface area (Å²) in [5.41, 5.74) is 2.47. The number of carboxylic acids is 1. The van der Waals surface area contributed by atoms with Gasteiger partial charge in [0.2, 0.25) is 5.60 Å². The Morgan fingerprint density at radius 2 is 1.15 bits per heavy atom. The van der Waals surface area contributed by atoms with Gasteiger partial charge < -0.3 is 30.5 Å². The quantitative estimate of drug-likeness (QED) is 0.0460. The van der Waals surface area contributed by atoms with Gasteiger partial charge in [0, 0.05) is 27.8 Å². The van der Waals surface area contributed by atoms with Crippen molar-refractivity contribution < 1.29 is 59.0 Å². The molecule has 3 heterocycles. The molecule has 11 nitrogen and oxygen atoms in total. The minimum Gasteiger partial charge on any atom is -0.543 e. The maximum absolute atomic E-state index is 14.8. The van der Waals surface area contributed by atoms with Crippen molar-refractivity contribution in [3.05, 3.63) is 238 Å².